The van der Waals surface area contributed by atoms with E-state index < -0.39 is 24.3 Å². The summed E-state index contributed by atoms with van der Waals surface area (Å²) in [5.41, 5.74) is 2.72. The molecular weight excluding hydrogens is 621 g/mol. The number of hydrogen-bond donors (Lipinski definition) is 3. The standard InChI is InChI=1S/C23H25FN6O.2C2HF3O2/c1-25-22-13-20-17(14-26-22)23(19-11-12-29(2)27-19)28-30(20)15-7-9-16(10-8-15)31-21-6-4-3-5-18(21)24;2*3-2(4,5)1(6)7/h3-6,11-16H,7-10H2,1-2H3,(H,25,26);2*(H,6,7). The van der Waals surface area contributed by atoms with Crippen LogP contribution in [-0.4, -0.2) is 72.2 Å². The number of pyridine rings is 1. The molecule has 1 aliphatic rings. The molecular formula is C27H27F7N6O5. The molecule has 0 saturated heterocycles. The van der Waals surface area contributed by atoms with Crippen LogP contribution in [0.2, 0.25) is 0 Å². The summed E-state index contributed by atoms with van der Waals surface area (Å²) >= 11 is 0. The largest absolute Gasteiger partial charge is 0.490 e. The highest BCUT2D eigenvalue weighted by atomic mass is 19.4. The molecule has 3 heterocycles. The Morgan fingerprint density at radius 1 is 0.956 bits per heavy atom. The van der Waals surface area contributed by atoms with Crippen LogP contribution >= 0.6 is 0 Å². The van der Waals surface area contributed by atoms with Crippen LogP contribution in [0.4, 0.5) is 36.6 Å². The van der Waals surface area contributed by atoms with Gasteiger partial charge in [-0.1, -0.05) is 12.1 Å². The van der Waals surface area contributed by atoms with Crippen LogP contribution < -0.4 is 10.1 Å². The number of rotatable bonds is 5. The minimum atomic E-state index is -5.08. The predicted molar refractivity (Wildman–Crippen MR) is 145 cm³/mol. The van der Waals surface area contributed by atoms with Gasteiger partial charge in [0.05, 0.1) is 17.7 Å². The van der Waals surface area contributed by atoms with Gasteiger partial charge in [0.1, 0.15) is 17.2 Å². The average molecular weight is 649 g/mol. The molecule has 1 aromatic carbocycles. The molecule has 0 amide bonds. The van der Waals surface area contributed by atoms with E-state index in [2.05, 4.69) is 20.1 Å². The van der Waals surface area contributed by atoms with Gasteiger partial charge in [-0.3, -0.25) is 9.36 Å². The van der Waals surface area contributed by atoms with Crippen molar-refractivity contribution in [3.63, 3.8) is 0 Å². The molecule has 0 unspecified atom stereocenters. The molecule has 1 fully saturated rings. The van der Waals surface area contributed by atoms with Gasteiger partial charge in [-0.15, -0.1) is 0 Å². The van der Waals surface area contributed by atoms with Crippen LogP contribution in [0.15, 0.2) is 48.8 Å². The van der Waals surface area contributed by atoms with Crippen molar-refractivity contribution in [2.75, 3.05) is 12.4 Å². The second-order valence-electron chi connectivity index (χ2n) is 9.59. The third kappa shape index (κ3) is 9.29. The first-order valence-corrected chi connectivity index (χ1v) is 13.1. The first-order valence-electron chi connectivity index (χ1n) is 13.1. The summed E-state index contributed by atoms with van der Waals surface area (Å²) in [5.74, 6) is -4.69. The number of halogens is 7. The number of aliphatic carboxylic acids is 2. The summed E-state index contributed by atoms with van der Waals surface area (Å²) in [6.07, 6.45) is -2.85. The first-order chi connectivity index (χ1) is 21.0. The summed E-state index contributed by atoms with van der Waals surface area (Å²) in [5, 5.41) is 27.9. The van der Waals surface area contributed by atoms with Crippen LogP contribution in [0.1, 0.15) is 31.7 Å². The lowest BCUT2D eigenvalue weighted by Gasteiger charge is -2.29. The van der Waals surface area contributed by atoms with Crippen molar-refractivity contribution in [2.24, 2.45) is 7.05 Å². The lowest BCUT2D eigenvalue weighted by atomic mass is 9.93. The van der Waals surface area contributed by atoms with E-state index in [9.17, 15) is 30.7 Å². The minimum absolute atomic E-state index is 0.0137. The van der Waals surface area contributed by atoms with Gasteiger partial charge in [-0.2, -0.15) is 36.5 Å². The Labute approximate surface area is 250 Å². The monoisotopic (exact) mass is 648 g/mol. The number of ether oxygens (including phenoxy) is 1. The summed E-state index contributed by atoms with van der Waals surface area (Å²) in [7, 11) is 3.76. The Hall–Kier alpha value is -4.90. The Morgan fingerprint density at radius 2 is 1.53 bits per heavy atom. The molecule has 0 spiro atoms. The van der Waals surface area contributed by atoms with Crippen molar-refractivity contribution in [3.8, 4) is 17.1 Å². The third-order valence-electron chi connectivity index (χ3n) is 6.41. The van der Waals surface area contributed by atoms with E-state index in [0.717, 1.165) is 53.8 Å². The number of nitrogens with zero attached hydrogens (tertiary/aromatic N) is 5. The highest BCUT2D eigenvalue weighted by molar-refractivity contribution is 5.93. The fraction of sp³-hybridized carbons (Fsp3) is 0.370. The number of aromatic nitrogens is 5. The summed E-state index contributed by atoms with van der Waals surface area (Å²) in [6.45, 7) is 0. The molecule has 3 aromatic heterocycles. The highest BCUT2D eigenvalue weighted by Crippen LogP contribution is 2.36. The van der Waals surface area contributed by atoms with Crippen molar-refractivity contribution in [2.45, 2.75) is 50.2 Å². The Balaban J connectivity index is 0.000000331. The normalized spacial score (nSPS) is 16.6. The van der Waals surface area contributed by atoms with E-state index in [1.165, 1.54) is 6.07 Å². The van der Waals surface area contributed by atoms with Gasteiger partial charge in [-0.25, -0.2) is 19.0 Å². The van der Waals surface area contributed by atoms with Crippen molar-refractivity contribution in [1.29, 1.82) is 0 Å². The van der Waals surface area contributed by atoms with Crippen molar-refractivity contribution < 1.29 is 55.3 Å². The molecule has 45 heavy (non-hydrogen) atoms. The molecule has 4 aromatic rings. The molecule has 0 atom stereocenters. The second kappa shape index (κ2) is 14.3. The van der Waals surface area contributed by atoms with Gasteiger partial charge >= 0.3 is 24.3 Å². The zero-order valence-electron chi connectivity index (χ0n) is 23.6. The van der Waals surface area contributed by atoms with Crippen LogP contribution in [0, 0.1) is 5.82 Å². The number of aryl methyl sites for hydroxylation is 1. The lowest BCUT2D eigenvalue weighted by Crippen LogP contribution is -2.26. The number of hydrogen-bond acceptors (Lipinski definition) is 7. The smallest absolute Gasteiger partial charge is 0.487 e. The zero-order valence-corrected chi connectivity index (χ0v) is 23.6. The van der Waals surface area contributed by atoms with E-state index >= 15 is 0 Å². The van der Waals surface area contributed by atoms with E-state index in [1.54, 1.807) is 22.9 Å². The number of nitrogens with one attached hydrogen (secondary N) is 1. The summed E-state index contributed by atoms with van der Waals surface area (Å²) in [6, 6.07) is 10.8. The minimum Gasteiger partial charge on any atom is -0.487 e. The highest BCUT2D eigenvalue weighted by Gasteiger charge is 2.39. The maximum atomic E-state index is 13.9. The molecule has 3 N–H and O–H groups in total. The van der Waals surface area contributed by atoms with Crippen molar-refractivity contribution in [1.82, 2.24) is 24.5 Å². The number of alkyl halides is 6. The maximum absolute atomic E-state index is 13.9. The van der Waals surface area contributed by atoms with Crippen LogP contribution in [0.25, 0.3) is 22.3 Å². The Kier molecular flexibility index (Phi) is 11.0. The predicted octanol–water partition coefficient (Wildman–Crippen LogP) is 5.84. The number of fused-ring (bicyclic) bond motifs is 1. The summed E-state index contributed by atoms with van der Waals surface area (Å²) in [4.78, 5) is 22.3. The molecule has 18 heteroatoms. The van der Waals surface area contributed by atoms with Gasteiger partial charge in [0, 0.05) is 37.9 Å². The molecule has 11 nitrogen and oxygen atoms in total. The second-order valence-corrected chi connectivity index (χ2v) is 9.59. The average Bonchev–Trinajstić information content (AvgIpc) is 3.57. The van der Waals surface area contributed by atoms with Gasteiger partial charge in [-0.05, 0) is 43.9 Å². The number of carboxylic acids is 2. The Morgan fingerprint density at radius 3 is 2.02 bits per heavy atom. The van der Waals surface area contributed by atoms with E-state index in [-0.39, 0.29) is 18.0 Å². The topological polar surface area (TPSA) is 144 Å². The van der Waals surface area contributed by atoms with Crippen LogP contribution in [-0.2, 0) is 16.6 Å². The van der Waals surface area contributed by atoms with Gasteiger partial charge < -0.3 is 20.3 Å². The molecule has 0 radical (unpaired) electrons. The van der Waals surface area contributed by atoms with Gasteiger partial charge in [0.25, 0.3) is 0 Å². The lowest BCUT2D eigenvalue weighted by molar-refractivity contribution is -0.193. The van der Waals surface area contributed by atoms with E-state index in [0.29, 0.717) is 5.75 Å². The first kappa shape index (κ1) is 34.6. The van der Waals surface area contributed by atoms with Crippen molar-refractivity contribution in [3.05, 3.63) is 54.6 Å². The summed E-state index contributed by atoms with van der Waals surface area (Å²) < 4.78 is 87.2. The molecule has 1 aliphatic carbocycles. The zero-order chi connectivity index (χ0) is 33.5. The number of anilines is 1. The maximum Gasteiger partial charge on any atom is 0.490 e. The van der Waals surface area contributed by atoms with E-state index in [1.807, 2.05) is 38.6 Å². The molecule has 5 rings (SSSR count). The number of carboxylic acid groups (broad SMARTS) is 2. The fourth-order valence-electron chi connectivity index (χ4n) is 4.31. The van der Waals surface area contributed by atoms with E-state index in [4.69, 9.17) is 29.6 Å². The van der Waals surface area contributed by atoms with Gasteiger partial charge in [0.2, 0.25) is 0 Å². The number of para-hydroxylation sites is 1. The third-order valence-corrected chi connectivity index (χ3v) is 6.41. The molecule has 244 valence electrons. The molecule has 1 saturated carbocycles. The van der Waals surface area contributed by atoms with Crippen LogP contribution in [0.3, 0.4) is 0 Å². The number of carbonyl (C=O) groups is 2. The van der Waals surface area contributed by atoms with Crippen molar-refractivity contribution >= 4 is 28.7 Å². The fourth-order valence-corrected chi connectivity index (χ4v) is 4.31. The Bertz CT molecular complexity index is 1590. The SMILES string of the molecule is CNc1cc2c(cn1)c(-c1ccn(C)n1)nn2C1CCC(Oc2ccccc2F)CC1.O=C(O)C(F)(F)F.O=C(O)C(F)(F)F. The number of benzene rings is 1. The van der Waals surface area contributed by atoms with Crippen LogP contribution in [0.5, 0.6) is 5.75 Å². The molecule has 0 bridgehead atoms. The molecule has 0 aliphatic heterocycles. The quantitative estimate of drug-likeness (QED) is 0.227. The van der Waals surface area contributed by atoms with Gasteiger partial charge in [0.15, 0.2) is 11.6 Å².